The van der Waals surface area contributed by atoms with Crippen molar-refractivity contribution in [1.29, 1.82) is 0 Å². The van der Waals surface area contributed by atoms with E-state index in [1.54, 1.807) is 23.7 Å². The van der Waals surface area contributed by atoms with E-state index in [0.717, 1.165) is 17.1 Å². The van der Waals surface area contributed by atoms with Gasteiger partial charge in [-0.2, -0.15) is 0 Å². The molecule has 0 aromatic carbocycles. The Balaban J connectivity index is 2.07. The number of H-pyrrole nitrogens is 1. The van der Waals surface area contributed by atoms with Crippen molar-refractivity contribution in [2.75, 3.05) is 0 Å². The molecule has 0 aliphatic carbocycles. The molecule has 0 fully saturated rings. The molecule has 2 rings (SSSR count). The van der Waals surface area contributed by atoms with E-state index in [4.69, 9.17) is 0 Å². The number of amides is 1. The standard InChI is InChI=1S/C13H17N3OS/c1-4-10-7-11(18-9(10)3)13(17)16-8(2)12-14-5-6-15-12/h5-8H,4H2,1-3H3,(H,14,15)(H,16,17). The van der Waals surface area contributed by atoms with Gasteiger partial charge in [-0.05, 0) is 31.9 Å². The van der Waals surface area contributed by atoms with E-state index in [-0.39, 0.29) is 11.9 Å². The molecular weight excluding hydrogens is 246 g/mol. The number of aromatic amines is 1. The fourth-order valence-corrected chi connectivity index (χ4v) is 2.85. The lowest BCUT2D eigenvalue weighted by Gasteiger charge is -2.10. The van der Waals surface area contributed by atoms with Crippen LogP contribution in [0.3, 0.4) is 0 Å². The van der Waals surface area contributed by atoms with Crippen molar-refractivity contribution in [3.63, 3.8) is 0 Å². The van der Waals surface area contributed by atoms with Crippen LogP contribution in [0.2, 0.25) is 0 Å². The number of thiophene rings is 1. The van der Waals surface area contributed by atoms with E-state index in [1.165, 1.54) is 10.4 Å². The first-order valence-corrected chi connectivity index (χ1v) is 6.83. The second-order valence-corrected chi connectivity index (χ2v) is 5.47. The summed E-state index contributed by atoms with van der Waals surface area (Å²) in [6.45, 7) is 6.07. The number of aromatic nitrogens is 2. The Morgan fingerprint density at radius 2 is 2.39 bits per heavy atom. The second kappa shape index (κ2) is 5.35. The highest BCUT2D eigenvalue weighted by Crippen LogP contribution is 2.22. The third kappa shape index (κ3) is 2.61. The zero-order valence-electron chi connectivity index (χ0n) is 10.8. The van der Waals surface area contributed by atoms with Gasteiger partial charge in [0.2, 0.25) is 0 Å². The molecule has 0 spiro atoms. The lowest BCUT2D eigenvalue weighted by Crippen LogP contribution is -2.26. The minimum atomic E-state index is -0.111. The average Bonchev–Trinajstić information content (AvgIpc) is 2.97. The molecular formula is C13H17N3OS. The number of aryl methyl sites for hydroxylation is 2. The summed E-state index contributed by atoms with van der Waals surface area (Å²) in [5.74, 6) is 0.735. The molecule has 5 heteroatoms. The van der Waals surface area contributed by atoms with Crippen LogP contribution in [0.5, 0.6) is 0 Å². The number of nitrogens with zero attached hydrogens (tertiary/aromatic N) is 1. The third-order valence-corrected chi connectivity index (χ3v) is 3.99. The second-order valence-electron chi connectivity index (χ2n) is 4.22. The van der Waals surface area contributed by atoms with E-state index >= 15 is 0 Å². The SMILES string of the molecule is CCc1cc(C(=O)NC(C)c2ncc[nH]2)sc1C. The van der Waals surface area contributed by atoms with Crippen LogP contribution in [0, 0.1) is 6.92 Å². The van der Waals surface area contributed by atoms with Gasteiger partial charge in [0, 0.05) is 17.3 Å². The molecule has 96 valence electrons. The van der Waals surface area contributed by atoms with Gasteiger partial charge >= 0.3 is 0 Å². The summed E-state index contributed by atoms with van der Waals surface area (Å²) in [5.41, 5.74) is 1.25. The van der Waals surface area contributed by atoms with Crippen molar-refractivity contribution in [3.8, 4) is 0 Å². The van der Waals surface area contributed by atoms with Gasteiger partial charge < -0.3 is 10.3 Å². The van der Waals surface area contributed by atoms with Crippen LogP contribution in [0.4, 0.5) is 0 Å². The highest BCUT2D eigenvalue weighted by Gasteiger charge is 2.15. The van der Waals surface area contributed by atoms with Crippen LogP contribution in [0.25, 0.3) is 0 Å². The van der Waals surface area contributed by atoms with Gasteiger partial charge in [-0.3, -0.25) is 4.79 Å². The van der Waals surface area contributed by atoms with E-state index in [0.29, 0.717) is 0 Å². The van der Waals surface area contributed by atoms with Crippen molar-refractivity contribution in [2.24, 2.45) is 0 Å². The van der Waals surface area contributed by atoms with Crippen molar-refractivity contribution < 1.29 is 4.79 Å². The maximum Gasteiger partial charge on any atom is 0.261 e. The molecule has 0 bridgehead atoms. The summed E-state index contributed by atoms with van der Waals surface area (Å²) in [4.78, 5) is 21.2. The van der Waals surface area contributed by atoms with E-state index in [2.05, 4.69) is 29.1 Å². The number of nitrogens with one attached hydrogen (secondary N) is 2. The summed E-state index contributed by atoms with van der Waals surface area (Å²) in [7, 11) is 0. The van der Waals surface area contributed by atoms with Crippen molar-refractivity contribution in [2.45, 2.75) is 33.2 Å². The minimum Gasteiger partial charge on any atom is -0.347 e. The molecule has 0 saturated heterocycles. The summed E-state index contributed by atoms with van der Waals surface area (Å²) >= 11 is 1.54. The van der Waals surface area contributed by atoms with Gasteiger partial charge in [0.1, 0.15) is 5.82 Å². The largest absolute Gasteiger partial charge is 0.347 e. The first-order valence-electron chi connectivity index (χ1n) is 6.01. The van der Waals surface area contributed by atoms with Crippen molar-refractivity contribution >= 4 is 17.2 Å². The predicted molar refractivity (Wildman–Crippen MR) is 72.9 cm³/mol. The van der Waals surface area contributed by atoms with Gasteiger partial charge in [0.15, 0.2) is 0 Å². The van der Waals surface area contributed by atoms with Gasteiger partial charge in [-0.15, -0.1) is 11.3 Å². The Bertz CT molecular complexity index is 530. The lowest BCUT2D eigenvalue weighted by molar-refractivity contribution is 0.0942. The first kappa shape index (κ1) is 12.8. The summed E-state index contributed by atoms with van der Waals surface area (Å²) in [6.07, 6.45) is 4.40. The monoisotopic (exact) mass is 263 g/mol. The highest BCUT2D eigenvalue weighted by molar-refractivity contribution is 7.14. The minimum absolute atomic E-state index is 0.0355. The Labute approximate surface area is 110 Å². The van der Waals surface area contributed by atoms with Crippen LogP contribution in [-0.2, 0) is 6.42 Å². The zero-order chi connectivity index (χ0) is 13.1. The quantitative estimate of drug-likeness (QED) is 0.891. The molecule has 1 amide bonds. The fraction of sp³-hybridized carbons (Fsp3) is 0.385. The molecule has 1 unspecified atom stereocenters. The number of carbonyl (C=O) groups is 1. The molecule has 2 heterocycles. The molecule has 18 heavy (non-hydrogen) atoms. The molecule has 0 radical (unpaired) electrons. The molecule has 0 aliphatic rings. The van der Waals surface area contributed by atoms with Crippen LogP contribution in [0.15, 0.2) is 18.5 Å². The summed E-state index contributed by atoms with van der Waals surface area (Å²) < 4.78 is 0. The van der Waals surface area contributed by atoms with Gasteiger partial charge in [0.05, 0.1) is 10.9 Å². The van der Waals surface area contributed by atoms with E-state index in [9.17, 15) is 4.79 Å². The number of rotatable bonds is 4. The predicted octanol–water partition coefficient (Wildman–Crippen LogP) is 2.83. The number of carbonyl (C=O) groups excluding carboxylic acids is 1. The van der Waals surface area contributed by atoms with Gasteiger partial charge in [-0.25, -0.2) is 4.98 Å². The molecule has 4 nitrogen and oxygen atoms in total. The zero-order valence-corrected chi connectivity index (χ0v) is 11.6. The van der Waals surface area contributed by atoms with Crippen molar-refractivity contribution in [1.82, 2.24) is 15.3 Å². The lowest BCUT2D eigenvalue weighted by atomic mass is 10.2. The molecule has 2 aromatic rings. The van der Waals surface area contributed by atoms with Crippen LogP contribution >= 0.6 is 11.3 Å². The van der Waals surface area contributed by atoms with Crippen LogP contribution in [0.1, 0.15) is 45.8 Å². The summed E-state index contributed by atoms with van der Waals surface area (Å²) in [6, 6.07) is 1.87. The number of hydrogen-bond donors (Lipinski definition) is 2. The van der Waals surface area contributed by atoms with Gasteiger partial charge in [-0.1, -0.05) is 6.92 Å². The molecule has 0 saturated carbocycles. The Kier molecular flexibility index (Phi) is 3.81. The maximum absolute atomic E-state index is 12.1. The fourth-order valence-electron chi connectivity index (χ4n) is 1.83. The maximum atomic E-state index is 12.1. The van der Waals surface area contributed by atoms with Gasteiger partial charge in [0.25, 0.3) is 5.91 Å². The Hall–Kier alpha value is -1.62. The Morgan fingerprint density at radius 3 is 2.94 bits per heavy atom. The summed E-state index contributed by atoms with van der Waals surface area (Å²) in [5, 5.41) is 2.94. The number of imidazole rings is 1. The average molecular weight is 263 g/mol. The first-order chi connectivity index (χ1) is 8.61. The molecule has 2 aromatic heterocycles. The van der Waals surface area contributed by atoms with Crippen LogP contribution in [-0.4, -0.2) is 15.9 Å². The van der Waals surface area contributed by atoms with Crippen molar-refractivity contribution in [3.05, 3.63) is 39.6 Å². The van der Waals surface area contributed by atoms with E-state index < -0.39 is 0 Å². The van der Waals surface area contributed by atoms with Crippen LogP contribution < -0.4 is 5.32 Å². The normalized spacial score (nSPS) is 12.4. The smallest absolute Gasteiger partial charge is 0.261 e. The highest BCUT2D eigenvalue weighted by atomic mass is 32.1. The number of hydrogen-bond acceptors (Lipinski definition) is 3. The molecule has 0 aliphatic heterocycles. The topological polar surface area (TPSA) is 57.8 Å². The van der Waals surface area contributed by atoms with E-state index in [1.807, 2.05) is 13.0 Å². The molecule has 1 atom stereocenters. The molecule has 2 N–H and O–H groups in total. The Morgan fingerprint density at radius 1 is 1.61 bits per heavy atom. The third-order valence-electron chi connectivity index (χ3n) is 2.90.